The fourth-order valence-corrected chi connectivity index (χ4v) is 4.31. The summed E-state index contributed by atoms with van der Waals surface area (Å²) in [7, 11) is 0. The van der Waals surface area contributed by atoms with Crippen molar-refractivity contribution in [3.8, 4) is 16.9 Å². The number of halogens is 2. The molecule has 0 atom stereocenters. The Hall–Kier alpha value is -3.55. The maximum Gasteiger partial charge on any atom is 0.295 e. The van der Waals surface area contributed by atoms with Crippen molar-refractivity contribution in [2.75, 3.05) is 5.32 Å². The topological polar surface area (TPSA) is 77.2 Å². The van der Waals surface area contributed by atoms with Gasteiger partial charge >= 0.3 is 0 Å². The van der Waals surface area contributed by atoms with Gasteiger partial charge in [0.2, 0.25) is 5.91 Å². The van der Waals surface area contributed by atoms with Crippen molar-refractivity contribution < 1.29 is 18.5 Å². The van der Waals surface area contributed by atoms with Gasteiger partial charge in [-0.3, -0.25) is 14.9 Å². The van der Waals surface area contributed by atoms with Crippen LogP contribution in [0.5, 0.6) is 0 Å². The number of fused-ring (bicyclic) bond motifs is 2. The molecule has 2 aromatic carbocycles. The lowest BCUT2D eigenvalue weighted by molar-refractivity contribution is -0.383. The third-order valence-electron chi connectivity index (χ3n) is 5.93. The molecule has 8 heteroatoms. The van der Waals surface area contributed by atoms with Crippen LogP contribution >= 0.6 is 0 Å². The van der Waals surface area contributed by atoms with Gasteiger partial charge in [0.25, 0.3) is 5.69 Å². The highest BCUT2D eigenvalue weighted by Gasteiger charge is 2.53. The van der Waals surface area contributed by atoms with Crippen molar-refractivity contribution in [2.24, 2.45) is 0 Å². The van der Waals surface area contributed by atoms with E-state index in [-0.39, 0.29) is 22.8 Å². The van der Waals surface area contributed by atoms with E-state index in [1.54, 1.807) is 29.0 Å². The summed E-state index contributed by atoms with van der Waals surface area (Å²) < 4.78 is 29.3. The quantitative estimate of drug-likeness (QED) is 0.516. The summed E-state index contributed by atoms with van der Waals surface area (Å²) in [5.41, 5.74) is 0.965. The summed E-state index contributed by atoms with van der Waals surface area (Å²) in [6.45, 7) is 0. The highest BCUT2D eigenvalue weighted by molar-refractivity contribution is 6.09. The van der Waals surface area contributed by atoms with E-state index >= 15 is 0 Å². The van der Waals surface area contributed by atoms with Crippen LogP contribution in [0.25, 0.3) is 16.9 Å². The summed E-state index contributed by atoms with van der Waals surface area (Å²) in [5, 5.41) is 14.4. The van der Waals surface area contributed by atoms with Gasteiger partial charge < -0.3 is 9.88 Å². The number of hydrogen-bond donors (Lipinski definition) is 1. The first kappa shape index (κ1) is 17.5. The average Bonchev–Trinajstić information content (AvgIpc) is 3.21. The van der Waals surface area contributed by atoms with Crippen LogP contribution in [0.4, 0.5) is 20.2 Å². The van der Waals surface area contributed by atoms with Crippen LogP contribution in [0.15, 0.2) is 48.7 Å². The van der Waals surface area contributed by atoms with E-state index in [9.17, 15) is 23.7 Å². The van der Waals surface area contributed by atoms with E-state index < -0.39 is 22.0 Å². The number of carbonyl (C=O) groups is 1. The SMILES string of the molecule is O=C1Nc2c([N+](=O)[O-])cc(-n3cccc3-c3ccc(F)cc3F)cc2C12CCC2. The van der Waals surface area contributed by atoms with E-state index in [0.29, 0.717) is 29.8 Å². The maximum atomic E-state index is 14.4. The van der Waals surface area contributed by atoms with Crippen LogP contribution in [0, 0.1) is 21.7 Å². The molecule has 1 saturated carbocycles. The van der Waals surface area contributed by atoms with Crippen molar-refractivity contribution >= 4 is 17.3 Å². The summed E-state index contributed by atoms with van der Waals surface area (Å²) in [5.74, 6) is -1.63. The predicted molar refractivity (Wildman–Crippen MR) is 102 cm³/mol. The molecule has 0 bridgehead atoms. The van der Waals surface area contributed by atoms with Gasteiger partial charge in [-0.05, 0) is 43.2 Å². The first-order chi connectivity index (χ1) is 13.9. The van der Waals surface area contributed by atoms with E-state index in [2.05, 4.69) is 5.32 Å². The molecule has 2 heterocycles. The molecule has 146 valence electrons. The number of nitrogens with one attached hydrogen (secondary N) is 1. The minimum atomic E-state index is -0.732. The maximum absolute atomic E-state index is 14.4. The van der Waals surface area contributed by atoms with Crippen LogP contribution in [0.1, 0.15) is 24.8 Å². The summed E-state index contributed by atoms with van der Waals surface area (Å²) in [6, 6.07) is 9.73. The molecule has 1 N–H and O–H groups in total. The molecule has 1 spiro atoms. The molecule has 1 fully saturated rings. The molecular weight excluding hydrogens is 380 g/mol. The Labute approximate surface area is 163 Å². The number of hydrogen-bond acceptors (Lipinski definition) is 3. The van der Waals surface area contributed by atoms with Gasteiger partial charge in [-0.1, -0.05) is 6.42 Å². The third-order valence-corrected chi connectivity index (χ3v) is 5.93. The lowest BCUT2D eigenvalue weighted by Gasteiger charge is -2.36. The van der Waals surface area contributed by atoms with Crippen molar-refractivity contribution in [3.05, 3.63) is 76.0 Å². The number of amides is 1. The second kappa shape index (κ2) is 5.97. The highest BCUT2D eigenvalue weighted by atomic mass is 19.1. The number of aromatic nitrogens is 1. The number of carbonyl (C=O) groups excluding carboxylic acids is 1. The molecule has 3 aromatic rings. The first-order valence-corrected chi connectivity index (χ1v) is 9.18. The Morgan fingerprint density at radius 2 is 1.93 bits per heavy atom. The largest absolute Gasteiger partial charge is 0.319 e. The lowest BCUT2D eigenvalue weighted by atomic mass is 9.65. The average molecular weight is 395 g/mol. The normalized spacial score (nSPS) is 16.4. The molecule has 0 saturated heterocycles. The molecule has 0 unspecified atom stereocenters. The number of nitro groups is 1. The molecule has 1 aliphatic carbocycles. The second-order valence-electron chi connectivity index (χ2n) is 7.42. The van der Waals surface area contributed by atoms with Crippen LogP contribution in [-0.2, 0) is 10.2 Å². The Morgan fingerprint density at radius 1 is 1.14 bits per heavy atom. The monoisotopic (exact) mass is 395 g/mol. The summed E-state index contributed by atoms with van der Waals surface area (Å²) in [4.78, 5) is 23.7. The standard InChI is InChI=1S/C21H15F2N3O3/c22-12-4-5-14(16(23)9-12)17-3-1-8-25(17)13-10-15-19(18(11-13)26(28)29)24-20(27)21(15)6-2-7-21/h1,3-5,8-11H,2,6-7H2,(H,24,27). The van der Waals surface area contributed by atoms with Gasteiger partial charge in [-0.15, -0.1) is 0 Å². The summed E-state index contributed by atoms with van der Waals surface area (Å²) in [6.07, 6.45) is 3.80. The molecule has 1 amide bonds. The molecule has 0 radical (unpaired) electrons. The molecule has 1 aromatic heterocycles. The van der Waals surface area contributed by atoms with Crippen LogP contribution in [0.2, 0.25) is 0 Å². The Balaban J connectivity index is 1.72. The molecule has 6 nitrogen and oxygen atoms in total. The molecular formula is C21H15F2N3O3. The Morgan fingerprint density at radius 3 is 2.59 bits per heavy atom. The van der Waals surface area contributed by atoms with Crippen LogP contribution < -0.4 is 5.32 Å². The predicted octanol–water partition coefficient (Wildman–Crippen LogP) is 4.70. The molecule has 2 aliphatic rings. The van der Waals surface area contributed by atoms with Gasteiger partial charge in [-0.25, -0.2) is 8.78 Å². The second-order valence-corrected chi connectivity index (χ2v) is 7.42. The minimum Gasteiger partial charge on any atom is -0.319 e. The van der Waals surface area contributed by atoms with Gasteiger partial charge in [0.1, 0.15) is 17.3 Å². The highest BCUT2D eigenvalue weighted by Crippen LogP contribution is 2.54. The zero-order valence-electron chi connectivity index (χ0n) is 15.1. The summed E-state index contributed by atoms with van der Waals surface area (Å²) >= 11 is 0. The van der Waals surface area contributed by atoms with Gasteiger partial charge in [0.15, 0.2) is 0 Å². The van der Waals surface area contributed by atoms with Crippen molar-refractivity contribution in [1.29, 1.82) is 0 Å². The van der Waals surface area contributed by atoms with Gasteiger partial charge in [0.05, 0.1) is 21.7 Å². The number of nitrogens with zero attached hydrogens (tertiary/aromatic N) is 2. The van der Waals surface area contributed by atoms with Crippen molar-refractivity contribution in [2.45, 2.75) is 24.7 Å². The molecule has 1 aliphatic heterocycles. The fraction of sp³-hybridized carbons (Fsp3) is 0.190. The number of rotatable bonds is 3. The fourth-order valence-electron chi connectivity index (χ4n) is 4.31. The lowest BCUT2D eigenvalue weighted by Crippen LogP contribution is -2.40. The number of anilines is 1. The zero-order valence-corrected chi connectivity index (χ0v) is 15.1. The van der Waals surface area contributed by atoms with E-state index in [0.717, 1.165) is 18.6 Å². The first-order valence-electron chi connectivity index (χ1n) is 9.18. The van der Waals surface area contributed by atoms with E-state index in [1.165, 1.54) is 12.1 Å². The van der Waals surface area contributed by atoms with E-state index in [4.69, 9.17) is 0 Å². The van der Waals surface area contributed by atoms with Crippen LogP contribution in [-0.4, -0.2) is 15.4 Å². The number of benzene rings is 2. The Kier molecular flexibility index (Phi) is 3.61. The Bertz CT molecular complexity index is 1200. The minimum absolute atomic E-state index is 0.173. The molecule has 5 rings (SSSR count). The van der Waals surface area contributed by atoms with E-state index in [1.807, 2.05) is 0 Å². The number of nitro benzene ring substituents is 1. The van der Waals surface area contributed by atoms with Crippen molar-refractivity contribution in [3.63, 3.8) is 0 Å². The van der Waals surface area contributed by atoms with Crippen LogP contribution in [0.3, 0.4) is 0 Å². The van der Waals surface area contributed by atoms with Gasteiger partial charge in [0, 0.05) is 29.5 Å². The smallest absolute Gasteiger partial charge is 0.295 e. The third kappa shape index (κ3) is 2.41. The van der Waals surface area contributed by atoms with Crippen molar-refractivity contribution in [1.82, 2.24) is 4.57 Å². The zero-order chi connectivity index (χ0) is 20.3. The molecule has 29 heavy (non-hydrogen) atoms. The van der Waals surface area contributed by atoms with Gasteiger partial charge in [-0.2, -0.15) is 0 Å².